The van der Waals surface area contributed by atoms with Crippen molar-refractivity contribution in [1.29, 1.82) is 0 Å². The minimum Gasteiger partial charge on any atom is -0.469 e. The zero-order chi connectivity index (χ0) is 7.56. The molecule has 0 aliphatic rings. The Morgan fingerprint density at radius 2 is 2.30 bits per heavy atom. The van der Waals surface area contributed by atoms with Crippen LogP contribution in [0, 0.1) is 6.92 Å². The van der Waals surface area contributed by atoms with Crippen molar-refractivity contribution in [3.05, 3.63) is 23.7 Å². The highest BCUT2D eigenvalue weighted by molar-refractivity contribution is 5.17. The van der Waals surface area contributed by atoms with Crippen molar-refractivity contribution in [2.24, 2.45) is 0 Å². The summed E-state index contributed by atoms with van der Waals surface area (Å²) in [6.45, 7) is 6.45. The molecule has 0 saturated heterocycles. The molecule has 0 aliphatic heterocycles. The van der Waals surface area contributed by atoms with E-state index in [1.807, 2.05) is 6.07 Å². The van der Waals surface area contributed by atoms with Crippen molar-refractivity contribution in [2.45, 2.75) is 33.1 Å². The van der Waals surface area contributed by atoms with Gasteiger partial charge in [-0.05, 0) is 25.0 Å². The first kappa shape index (κ1) is 7.39. The molecule has 56 valence electrons. The normalized spacial score (nSPS) is 13.5. The van der Waals surface area contributed by atoms with Crippen molar-refractivity contribution in [3.8, 4) is 0 Å². The quantitative estimate of drug-likeness (QED) is 0.612. The molecule has 1 rings (SSSR count). The summed E-state index contributed by atoms with van der Waals surface area (Å²) in [5.74, 6) is 1.71. The van der Waals surface area contributed by atoms with E-state index in [0.29, 0.717) is 5.92 Å². The standard InChI is InChI=1S/C9H14O/c1-4-7(2)9-8(3)5-6-10-9/h5-7H,4H2,1-3H3. The van der Waals surface area contributed by atoms with Gasteiger partial charge in [-0.3, -0.25) is 0 Å². The van der Waals surface area contributed by atoms with Crippen molar-refractivity contribution < 1.29 is 4.42 Å². The molecule has 0 N–H and O–H groups in total. The van der Waals surface area contributed by atoms with E-state index in [1.54, 1.807) is 6.26 Å². The van der Waals surface area contributed by atoms with Gasteiger partial charge in [-0.2, -0.15) is 0 Å². The zero-order valence-corrected chi connectivity index (χ0v) is 6.85. The molecule has 0 radical (unpaired) electrons. The summed E-state index contributed by atoms with van der Waals surface area (Å²) in [5.41, 5.74) is 1.27. The number of hydrogen-bond acceptors (Lipinski definition) is 1. The van der Waals surface area contributed by atoms with Crippen LogP contribution in [-0.4, -0.2) is 0 Å². The lowest BCUT2D eigenvalue weighted by atomic mass is 10.0. The molecule has 0 aliphatic carbocycles. The SMILES string of the molecule is CCC(C)c1occc1C. The molecule has 10 heavy (non-hydrogen) atoms. The Kier molecular flexibility index (Phi) is 2.15. The molecule has 0 fully saturated rings. The summed E-state index contributed by atoms with van der Waals surface area (Å²) in [7, 11) is 0. The highest BCUT2D eigenvalue weighted by Gasteiger charge is 2.08. The minimum absolute atomic E-state index is 0.565. The Morgan fingerprint density at radius 1 is 1.60 bits per heavy atom. The molecular weight excluding hydrogens is 124 g/mol. The number of rotatable bonds is 2. The zero-order valence-electron chi connectivity index (χ0n) is 6.85. The Labute approximate surface area is 62.1 Å². The predicted molar refractivity (Wildman–Crippen MR) is 42.2 cm³/mol. The second-order valence-corrected chi connectivity index (χ2v) is 2.78. The number of furan rings is 1. The van der Waals surface area contributed by atoms with Crippen LogP contribution in [0.1, 0.15) is 37.5 Å². The molecule has 1 aromatic rings. The van der Waals surface area contributed by atoms with E-state index in [4.69, 9.17) is 4.42 Å². The van der Waals surface area contributed by atoms with E-state index < -0.39 is 0 Å². The third-order valence-corrected chi connectivity index (χ3v) is 1.96. The van der Waals surface area contributed by atoms with Crippen molar-refractivity contribution >= 4 is 0 Å². The van der Waals surface area contributed by atoms with Gasteiger partial charge in [-0.1, -0.05) is 13.8 Å². The lowest BCUT2D eigenvalue weighted by Crippen LogP contribution is -1.89. The number of aryl methyl sites for hydroxylation is 1. The second kappa shape index (κ2) is 2.91. The van der Waals surface area contributed by atoms with Gasteiger partial charge in [0, 0.05) is 5.92 Å². The minimum atomic E-state index is 0.565. The number of hydrogen-bond donors (Lipinski definition) is 0. The molecule has 1 nitrogen and oxygen atoms in total. The molecule has 0 amide bonds. The summed E-state index contributed by atoms with van der Waals surface area (Å²) in [5, 5.41) is 0. The van der Waals surface area contributed by atoms with Crippen molar-refractivity contribution in [2.75, 3.05) is 0 Å². The van der Waals surface area contributed by atoms with E-state index in [1.165, 1.54) is 5.56 Å². The van der Waals surface area contributed by atoms with Crippen LogP contribution >= 0.6 is 0 Å². The van der Waals surface area contributed by atoms with E-state index in [-0.39, 0.29) is 0 Å². The summed E-state index contributed by atoms with van der Waals surface area (Å²) in [6.07, 6.45) is 2.91. The van der Waals surface area contributed by atoms with Gasteiger partial charge in [0.2, 0.25) is 0 Å². The van der Waals surface area contributed by atoms with E-state index in [9.17, 15) is 0 Å². The van der Waals surface area contributed by atoms with Crippen LogP contribution in [0.15, 0.2) is 16.7 Å². The first-order valence-electron chi connectivity index (χ1n) is 3.79. The molecule has 1 heterocycles. The fraction of sp³-hybridized carbons (Fsp3) is 0.556. The highest BCUT2D eigenvalue weighted by atomic mass is 16.3. The van der Waals surface area contributed by atoms with Crippen molar-refractivity contribution in [3.63, 3.8) is 0 Å². The highest BCUT2D eigenvalue weighted by Crippen LogP contribution is 2.22. The predicted octanol–water partition coefficient (Wildman–Crippen LogP) is 3.10. The third-order valence-electron chi connectivity index (χ3n) is 1.96. The molecule has 0 aromatic carbocycles. The molecule has 0 saturated carbocycles. The average Bonchev–Trinajstić information content (AvgIpc) is 2.34. The Hall–Kier alpha value is -0.720. The van der Waals surface area contributed by atoms with Gasteiger partial charge in [0.15, 0.2) is 0 Å². The average molecular weight is 138 g/mol. The maximum Gasteiger partial charge on any atom is 0.109 e. The van der Waals surface area contributed by atoms with Crippen LogP contribution in [0.25, 0.3) is 0 Å². The van der Waals surface area contributed by atoms with Crippen LogP contribution in [0.4, 0.5) is 0 Å². The lowest BCUT2D eigenvalue weighted by molar-refractivity contribution is 0.466. The van der Waals surface area contributed by atoms with Gasteiger partial charge in [0.1, 0.15) is 5.76 Å². The monoisotopic (exact) mass is 138 g/mol. The maximum absolute atomic E-state index is 5.32. The molecule has 0 bridgehead atoms. The molecule has 1 unspecified atom stereocenters. The van der Waals surface area contributed by atoms with Gasteiger partial charge >= 0.3 is 0 Å². The largest absolute Gasteiger partial charge is 0.469 e. The van der Waals surface area contributed by atoms with Gasteiger partial charge in [0.25, 0.3) is 0 Å². The van der Waals surface area contributed by atoms with E-state index >= 15 is 0 Å². The molecule has 1 heteroatoms. The topological polar surface area (TPSA) is 13.1 Å². The van der Waals surface area contributed by atoms with Crippen LogP contribution < -0.4 is 0 Å². The summed E-state index contributed by atoms with van der Waals surface area (Å²) >= 11 is 0. The Bertz CT molecular complexity index is 200. The molecule has 1 aromatic heterocycles. The van der Waals surface area contributed by atoms with Gasteiger partial charge < -0.3 is 4.42 Å². The van der Waals surface area contributed by atoms with E-state index in [0.717, 1.165) is 12.2 Å². The summed E-state index contributed by atoms with van der Waals surface area (Å²) in [4.78, 5) is 0. The first-order valence-corrected chi connectivity index (χ1v) is 3.79. The fourth-order valence-electron chi connectivity index (χ4n) is 1.07. The second-order valence-electron chi connectivity index (χ2n) is 2.78. The fourth-order valence-corrected chi connectivity index (χ4v) is 1.07. The molecule has 0 spiro atoms. The first-order chi connectivity index (χ1) is 4.75. The maximum atomic E-state index is 5.32. The van der Waals surface area contributed by atoms with Crippen LogP contribution in [0.2, 0.25) is 0 Å². The Morgan fingerprint density at radius 3 is 2.70 bits per heavy atom. The van der Waals surface area contributed by atoms with E-state index in [2.05, 4.69) is 20.8 Å². The smallest absolute Gasteiger partial charge is 0.109 e. The van der Waals surface area contributed by atoms with Gasteiger partial charge in [-0.15, -0.1) is 0 Å². The molecular formula is C9H14O. The molecule has 1 atom stereocenters. The van der Waals surface area contributed by atoms with Crippen LogP contribution in [0.3, 0.4) is 0 Å². The third kappa shape index (κ3) is 1.23. The Balaban J connectivity index is 2.82. The van der Waals surface area contributed by atoms with Gasteiger partial charge in [-0.25, -0.2) is 0 Å². The lowest BCUT2D eigenvalue weighted by Gasteiger charge is -2.04. The van der Waals surface area contributed by atoms with Crippen molar-refractivity contribution in [1.82, 2.24) is 0 Å². The summed E-state index contributed by atoms with van der Waals surface area (Å²) < 4.78 is 5.32. The van der Waals surface area contributed by atoms with Crippen LogP contribution in [-0.2, 0) is 0 Å². The van der Waals surface area contributed by atoms with Crippen LogP contribution in [0.5, 0.6) is 0 Å². The van der Waals surface area contributed by atoms with Gasteiger partial charge in [0.05, 0.1) is 6.26 Å². The summed E-state index contributed by atoms with van der Waals surface area (Å²) in [6, 6.07) is 2.02.